The third kappa shape index (κ3) is 4.62. The molecule has 2 aliphatic carbocycles. The summed E-state index contributed by atoms with van der Waals surface area (Å²) in [6.45, 7) is 3.30. The van der Waals surface area contributed by atoms with Crippen LogP contribution in [0.2, 0.25) is 5.02 Å². The number of carbonyl (C=O) groups excluding carboxylic acids is 2. The summed E-state index contributed by atoms with van der Waals surface area (Å²) in [5.41, 5.74) is 1.34. The second-order valence-electron chi connectivity index (χ2n) is 8.23. The average molecular weight is 472 g/mol. The summed E-state index contributed by atoms with van der Waals surface area (Å²) in [6, 6.07) is 0. The van der Waals surface area contributed by atoms with E-state index < -0.39 is 24.0 Å². The van der Waals surface area contributed by atoms with Gasteiger partial charge in [0.15, 0.2) is 0 Å². The number of carbonyl (C=O) groups is 2. The number of aromatic nitrogens is 2. The van der Waals surface area contributed by atoms with Crippen molar-refractivity contribution in [1.82, 2.24) is 9.78 Å². The minimum Gasteiger partial charge on any atom is -0.459 e. The van der Waals surface area contributed by atoms with Crippen molar-refractivity contribution >= 4 is 39.8 Å². The molecule has 168 valence electrons. The molecule has 0 aromatic carbocycles. The molecule has 2 aliphatic rings. The van der Waals surface area contributed by atoms with Gasteiger partial charge in [-0.3, -0.25) is 9.48 Å². The first-order chi connectivity index (χ1) is 14.8. The zero-order valence-electron chi connectivity index (χ0n) is 17.3. The van der Waals surface area contributed by atoms with E-state index in [-0.39, 0.29) is 23.6 Å². The molecule has 31 heavy (non-hydrogen) atoms. The van der Waals surface area contributed by atoms with Gasteiger partial charge >= 0.3 is 5.97 Å². The molecule has 0 radical (unpaired) electrons. The molecular formula is C21H24ClF2N3O3S. The first kappa shape index (κ1) is 22.2. The SMILES string of the molecule is CC(C)OC(=O)c1c(NC(=O)Cn2nc(C(F)F)c(Cl)c2C2CC2)sc2c1CCCC2. The highest BCUT2D eigenvalue weighted by Gasteiger charge is 2.35. The summed E-state index contributed by atoms with van der Waals surface area (Å²) >= 11 is 7.52. The van der Waals surface area contributed by atoms with Gasteiger partial charge in [-0.1, -0.05) is 11.6 Å². The summed E-state index contributed by atoms with van der Waals surface area (Å²) in [6.07, 6.45) is 2.21. The molecule has 0 aliphatic heterocycles. The lowest BCUT2D eigenvalue weighted by molar-refractivity contribution is -0.116. The number of hydrogen-bond donors (Lipinski definition) is 1. The number of ether oxygens (including phenoxy) is 1. The van der Waals surface area contributed by atoms with Gasteiger partial charge in [0.1, 0.15) is 17.2 Å². The van der Waals surface area contributed by atoms with Gasteiger partial charge < -0.3 is 10.1 Å². The zero-order chi connectivity index (χ0) is 22.3. The Bertz CT molecular complexity index is 1010. The molecule has 0 bridgehead atoms. The number of nitrogens with zero attached hydrogens (tertiary/aromatic N) is 2. The molecule has 1 fully saturated rings. The van der Waals surface area contributed by atoms with Crippen molar-refractivity contribution in [1.29, 1.82) is 0 Å². The molecule has 1 saturated carbocycles. The predicted molar refractivity (Wildman–Crippen MR) is 114 cm³/mol. The van der Waals surface area contributed by atoms with Crippen LogP contribution in [0.5, 0.6) is 0 Å². The van der Waals surface area contributed by atoms with Gasteiger partial charge in [-0.25, -0.2) is 13.6 Å². The smallest absolute Gasteiger partial charge is 0.341 e. The van der Waals surface area contributed by atoms with Crippen molar-refractivity contribution in [2.45, 2.75) is 77.4 Å². The van der Waals surface area contributed by atoms with Crippen LogP contribution in [0, 0.1) is 0 Å². The number of esters is 1. The van der Waals surface area contributed by atoms with Gasteiger partial charge in [-0.05, 0) is 57.9 Å². The van der Waals surface area contributed by atoms with Crippen molar-refractivity contribution in [2.24, 2.45) is 0 Å². The maximum absolute atomic E-state index is 13.3. The van der Waals surface area contributed by atoms with Crippen LogP contribution in [0.3, 0.4) is 0 Å². The molecule has 2 aromatic heterocycles. The summed E-state index contributed by atoms with van der Waals surface area (Å²) < 4.78 is 33.2. The van der Waals surface area contributed by atoms with Gasteiger partial charge in [0, 0.05) is 10.8 Å². The number of nitrogens with one attached hydrogen (secondary N) is 1. The molecule has 1 amide bonds. The highest BCUT2D eigenvalue weighted by atomic mass is 35.5. The van der Waals surface area contributed by atoms with E-state index in [2.05, 4.69) is 10.4 Å². The molecule has 2 aromatic rings. The predicted octanol–water partition coefficient (Wildman–Crippen LogP) is 5.50. The molecule has 2 heterocycles. The number of halogens is 3. The maximum atomic E-state index is 13.3. The molecule has 0 atom stereocenters. The van der Waals surface area contributed by atoms with Gasteiger partial charge in [-0.2, -0.15) is 5.10 Å². The Balaban J connectivity index is 1.59. The van der Waals surface area contributed by atoms with Crippen molar-refractivity contribution in [3.8, 4) is 0 Å². The Hall–Kier alpha value is -2.00. The molecule has 0 unspecified atom stereocenters. The lowest BCUT2D eigenvalue weighted by Gasteiger charge is -2.14. The third-order valence-electron chi connectivity index (χ3n) is 5.39. The minimum absolute atomic E-state index is 0.0472. The number of fused-ring (bicyclic) bond motifs is 1. The first-order valence-corrected chi connectivity index (χ1v) is 11.6. The molecular weight excluding hydrogens is 448 g/mol. The maximum Gasteiger partial charge on any atom is 0.341 e. The van der Waals surface area contributed by atoms with Crippen LogP contribution < -0.4 is 5.32 Å². The van der Waals surface area contributed by atoms with E-state index in [1.807, 2.05) is 0 Å². The second-order valence-corrected chi connectivity index (χ2v) is 9.72. The topological polar surface area (TPSA) is 73.2 Å². The average Bonchev–Trinajstić information content (AvgIpc) is 3.37. The van der Waals surface area contributed by atoms with Crippen LogP contribution in [0.1, 0.15) is 84.1 Å². The number of hydrogen-bond acceptors (Lipinski definition) is 5. The van der Waals surface area contributed by atoms with E-state index in [1.165, 1.54) is 16.0 Å². The molecule has 10 heteroatoms. The first-order valence-electron chi connectivity index (χ1n) is 10.5. The standard InChI is InChI=1S/C21H24ClF2N3O3S/c1-10(2)30-21(29)15-12-5-3-4-6-13(12)31-20(15)25-14(28)9-27-18(11-7-8-11)16(22)17(26-27)19(23)24/h10-11,19H,3-9H2,1-2H3,(H,25,28). The minimum atomic E-state index is -2.81. The second kappa shape index (κ2) is 8.86. The van der Waals surface area contributed by atoms with E-state index in [0.717, 1.165) is 49.0 Å². The molecule has 0 saturated heterocycles. The Kier molecular flexibility index (Phi) is 6.35. The van der Waals surface area contributed by atoms with E-state index in [4.69, 9.17) is 16.3 Å². The number of amides is 1. The number of anilines is 1. The Morgan fingerprint density at radius 1 is 1.29 bits per heavy atom. The fraction of sp³-hybridized carbons (Fsp3) is 0.571. The lowest BCUT2D eigenvalue weighted by atomic mass is 9.95. The summed E-state index contributed by atoms with van der Waals surface area (Å²) in [7, 11) is 0. The van der Waals surface area contributed by atoms with Crippen molar-refractivity contribution in [3.05, 3.63) is 32.4 Å². The lowest BCUT2D eigenvalue weighted by Crippen LogP contribution is -2.22. The highest BCUT2D eigenvalue weighted by molar-refractivity contribution is 7.17. The number of rotatable bonds is 7. The van der Waals surface area contributed by atoms with E-state index in [9.17, 15) is 18.4 Å². The summed E-state index contributed by atoms with van der Waals surface area (Å²) in [5.74, 6) is -0.851. The molecule has 6 nitrogen and oxygen atoms in total. The molecule has 1 N–H and O–H groups in total. The van der Waals surface area contributed by atoms with Crippen molar-refractivity contribution < 1.29 is 23.1 Å². The van der Waals surface area contributed by atoms with Crippen LogP contribution in [0.25, 0.3) is 0 Å². The van der Waals surface area contributed by atoms with E-state index >= 15 is 0 Å². The Morgan fingerprint density at radius 2 is 2.00 bits per heavy atom. The van der Waals surface area contributed by atoms with Gasteiger partial charge in [-0.15, -0.1) is 11.3 Å². The highest BCUT2D eigenvalue weighted by Crippen LogP contribution is 2.45. The molecule has 0 spiro atoms. The van der Waals surface area contributed by atoms with Crippen LogP contribution in [0.4, 0.5) is 13.8 Å². The fourth-order valence-corrected chi connectivity index (χ4v) is 5.59. The normalized spacial score (nSPS) is 16.0. The number of alkyl halides is 2. The van der Waals surface area contributed by atoms with E-state index in [0.29, 0.717) is 16.3 Å². The van der Waals surface area contributed by atoms with Crippen LogP contribution in [-0.2, 0) is 28.9 Å². The summed E-state index contributed by atoms with van der Waals surface area (Å²) in [5, 5.41) is 7.09. The largest absolute Gasteiger partial charge is 0.459 e. The zero-order valence-corrected chi connectivity index (χ0v) is 18.9. The van der Waals surface area contributed by atoms with Gasteiger partial charge in [0.2, 0.25) is 5.91 Å². The Labute approximate surface area is 187 Å². The van der Waals surface area contributed by atoms with Gasteiger partial charge in [0.05, 0.1) is 22.4 Å². The third-order valence-corrected chi connectivity index (χ3v) is 6.99. The monoisotopic (exact) mass is 471 g/mol. The van der Waals surface area contributed by atoms with Crippen molar-refractivity contribution in [2.75, 3.05) is 5.32 Å². The van der Waals surface area contributed by atoms with Crippen LogP contribution in [0.15, 0.2) is 0 Å². The summed E-state index contributed by atoms with van der Waals surface area (Å²) in [4.78, 5) is 26.6. The quantitative estimate of drug-likeness (QED) is 0.541. The Morgan fingerprint density at radius 3 is 2.65 bits per heavy atom. The van der Waals surface area contributed by atoms with Gasteiger partial charge in [0.25, 0.3) is 6.43 Å². The number of aryl methyl sites for hydroxylation is 1. The van der Waals surface area contributed by atoms with Crippen molar-refractivity contribution in [3.63, 3.8) is 0 Å². The fourth-order valence-electron chi connectivity index (χ4n) is 3.92. The van der Waals surface area contributed by atoms with E-state index in [1.54, 1.807) is 13.8 Å². The van der Waals surface area contributed by atoms with Crippen LogP contribution >= 0.6 is 22.9 Å². The molecule has 4 rings (SSSR count). The van der Waals surface area contributed by atoms with Crippen LogP contribution in [-0.4, -0.2) is 27.8 Å². The number of thiophene rings is 1.